The smallest absolute Gasteiger partial charge is 0.422 e. The van der Waals surface area contributed by atoms with Crippen LogP contribution in [-0.2, 0) is 25.2 Å². The number of fused-ring (bicyclic) bond motifs is 2. The van der Waals surface area contributed by atoms with Gasteiger partial charge in [0.2, 0.25) is 0 Å². The number of nitrogens with one attached hydrogen (secondary N) is 1. The summed E-state index contributed by atoms with van der Waals surface area (Å²) in [4.78, 5) is 24.9. The van der Waals surface area contributed by atoms with Gasteiger partial charge in [0.25, 0.3) is 10.2 Å². The van der Waals surface area contributed by atoms with Crippen LogP contribution in [0.5, 0.6) is 0 Å². The van der Waals surface area contributed by atoms with E-state index in [4.69, 9.17) is 9.88 Å². The number of pyridine rings is 2. The molecule has 2 aliphatic rings. The maximum Gasteiger partial charge on any atom is 0.422 e. The molecule has 4 aromatic rings. The molecular formula is C39H50N10O6S2. The molecule has 1 amide bonds. The van der Waals surface area contributed by atoms with Crippen molar-refractivity contribution >= 4 is 59.7 Å². The molecule has 18 heteroatoms. The monoisotopic (exact) mass is 818 g/mol. The lowest BCUT2D eigenvalue weighted by Gasteiger charge is -2.26. The molecule has 2 aromatic heterocycles. The van der Waals surface area contributed by atoms with Crippen LogP contribution in [0.1, 0.15) is 67.0 Å². The minimum absolute atomic E-state index is 0.164. The Hall–Kier alpha value is -5.11. The first-order valence-electron chi connectivity index (χ1n) is 18.6. The van der Waals surface area contributed by atoms with E-state index < -0.39 is 32.1 Å². The van der Waals surface area contributed by atoms with E-state index in [0.717, 1.165) is 55.4 Å². The maximum absolute atomic E-state index is 12.7. The maximum atomic E-state index is 12.7. The number of nitriles is 2. The Kier molecular flexibility index (Phi) is 13.0. The third-order valence-electron chi connectivity index (χ3n) is 10.0. The van der Waals surface area contributed by atoms with Gasteiger partial charge in [-0.25, -0.2) is 14.7 Å². The molecule has 0 radical (unpaired) electrons. The standard InChI is InChI=1S/C22H29N5O4S.C17H21N5O2S/c1-15-11-18-19(12-16(15)2)24-14-17(13-23)20(18)26-7-6-8-27(10-9-26)32(29,30)25-21(28)31-22(3,4)5;1-12-8-15-16(9-13(12)2)20-11-14(10-18)17(15)21-4-3-5-22(7-6-21)25(19,23)24/h11-12,14H,6-10H2,1-5H3,(H,25,28);8-9,11H,3-7H2,1-2H3,(H2,19,23,24). The molecule has 6 rings (SSSR count). The molecule has 57 heavy (non-hydrogen) atoms. The third kappa shape index (κ3) is 10.3. The third-order valence-corrected chi connectivity index (χ3v) is 12.6. The average Bonchev–Trinajstić information content (AvgIpc) is 3.53. The fourth-order valence-corrected chi connectivity index (χ4v) is 8.71. The predicted octanol–water partition coefficient (Wildman–Crippen LogP) is 4.44. The summed E-state index contributed by atoms with van der Waals surface area (Å²) in [5.41, 5.74) is 7.85. The Labute approximate surface area is 335 Å². The SMILES string of the molecule is Cc1cc2ncc(C#N)c(N3CCCN(S(=O)(=O)NC(=O)OC(C)(C)C)CC3)c2cc1C.Cc1cc2ncc(C#N)c(N3CCCN(S(N)(=O)=O)CC3)c2cc1C. The summed E-state index contributed by atoms with van der Waals surface area (Å²) in [6, 6.07) is 12.5. The zero-order valence-corrected chi connectivity index (χ0v) is 35.1. The van der Waals surface area contributed by atoms with Crippen molar-refractivity contribution < 1.29 is 26.4 Å². The molecule has 0 atom stereocenters. The van der Waals surface area contributed by atoms with E-state index in [0.29, 0.717) is 63.2 Å². The molecule has 304 valence electrons. The highest BCUT2D eigenvalue weighted by Gasteiger charge is 2.30. The van der Waals surface area contributed by atoms with Crippen molar-refractivity contribution in [2.45, 2.75) is 66.9 Å². The summed E-state index contributed by atoms with van der Waals surface area (Å²) in [6.45, 7) is 16.3. The van der Waals surface area contributed by atoms with Gasteiger partial charge >= 0.3 is 16.3 Å². The van der Waals surface area contributed by atoms with E-state index in [1.807, 2.05) is 55.5 Å². The van der Waals surface area contributed by atoms with Crippen LogP contribution in [0.2, 0.25) is 0 Å². The summed E-state index contributed by atoms with van der Waals surface area (Å²) in [5.74, 6) is 0. The number of benzene rings is 2. The first-order chi connectivity index (χ1) is 26.7. The average molecular weight is 819 g/mol. The Morgan fingerprint density at radius 3 is 1.54 bits per heavy atom. The van der Waals surface area contributed by atoms with Crippen molar-refractivity contribution in [1.82, 2.24) is 23.3 Å². The van der Waals surface area contributed by atoms with Crippen molar-refractivity contribution in [1.29, 1.82) is 10.5 Å². The van der Waals surface area contributed by atoms with E-state index in [-0.39, 0.29) is 13.1 Å². The van der Waals surface area contributed by atoms with Gasteiger partial charge in [-0.05, 0) is 108 Å². The minimum Gasteiger partial charge on any atom is -0.443 e. The minimum atomic E-state index is -4.05. The fourth-order valence-electron chi connectivity index (χ4n) is 6.92. The molecule has 4 heterocycles. The van der Waals surface area contributed by atoms with Gasteiger partial charge in [-0.3, -0.25) is 9.97 Å². The van der Waals surface area contributed by atoms with Crippen LogP contribution in [0, 0.1) is 50.4 Å². The summed E-state index contributed by atoms with van der Waals surface area (Å²) in [6.07, 6.45) is 3.34. The predicted molar refractivity (Wildman–Crippen MR) is 220 cm³/mol. The molecule has 2 fully saturated rings. The largest absolute Gasteiger partial charge is 0.443 e. The second kappa shape index (κ2) is 17.2. The zero-order chi connectivity index (χ0) is 41.9. The van der Waals surface area contributed by atoms with E-state index in [2.05, 4.69) is 33.1 Å². The molecule has 2 aliphatic heterocycles. The van der Waals surface area contributed by atoms with Crippen LogP contribution in [0.3, 0.4) is 0 Å². The van der Waals surface area contributed by atoms with Crippen molar-refractivity contribution in [3.8, 4) is 12.1 Å². The molecule has 0 aliphatic carbocycles. The van der Waals surface area contributed by atoms with E-state index in [1.165, 1.54) is 8.61 Å². The quantitative estimate of drug-likeness (QED) is 0.286. The first kappa shape index (κ1) is 43.0. The molecule has 0 bridgehead atoms. The highest BCUT2D eigenvalue weighted by atomic mass is 32.2. The Balaban J connectivity index is 0.000000224. The molecule has 0 saturated carbocycles. The van der Waals surface area contributed by atoms with Crippen molar-refractivity contribution in [3.63, 3.8) is 0 Å². The lowest BCUT2D eigenvalue weighted by molar-refractivity contribution is 0.0567. The fraction of sp³-hybridized carbons (Fsp3) is 0.462. The normalized spacial score (nSPS) is 16.2. The summed E-state index contributed by atoms with van der Waals surface area (Å²) >= 11 is 0. The van der Waals surface area contributed by atoms with Crippen LogP contribution < -0.4 is 19.7 Å². The Morgan fingerprint density at radius 2 is 1.12 bits per heavy atom. The number of hydrogen-bond acceptors (Lipinski definition) is 12. The van der Waals surface area contributed by atoms with E-state index in [1.54, 1.807) is 33.2 Å². The number of carbonyl (C=O) groups excluding carboxylic acids is 1. The van der Waals surface area contributed by atoms with Gasteiger partial charge in [0, 0.05) is 75.5 Å². The van der Waals surface area contributed by atoms with Crippen LogP contribution in [0.25, 0.3) is 21.8 Å². The number of aryl methyl sites for hydroxylation is 4. The van der Waals surface area contributed by atoms with Gasteiger partial charge in [-0.15, -0.1) is 0 Å². The summed E-state index contributed by atoms with van der Waals surface area (Å²) in [7, 11) is -7.75. The van der Waals surface area contributed by atoms with Crippen LogP contribution in [0.4, 0.5) is 16.2 Å². The number of nitrogens with zero attached hydrogens (tertiary/aromatic N) is 8. The topological polar surface area (TPSA) is 219 Å². The number of carbonyl (C=O) groups is 1. The first-order valence-corrected chi connectivity index (χ1v) is 21.6. The van der Waals surface area contributed by atoms with Gasteiger partial charge in [-0.1, -0.05) is 0 Å². The zero-order valence-electron chi connectivity index (χ0n) is 33.5. The van der Waals surface area contributed by atoms with Crippen molar-refractivity contribution in [2.24, 2.45) is 5.14 Å². The number of nitrogens with two attached hydrogens (primary N) is 1. The molecule has 2 aromatic carbocycles. The number of aromatic nitrogens is 2. The lowest BCUT2D eigenvalue weighted by Crippen LogP contribution is -2.46. The molecule has 2 saturated heterocycles. The number of ether oxygens (including phenoxy) is 1. The molecular weight excluding hydrogens is 769 g/mol. The number of amides is 1. The van der Waals surface area contributed by atoms with Gasteiger partial charge in [-0.2, -0.15) is 36.0 Å². The summed E-state index contributed by atoms with van der Waals surface area (Å²) < 4.78 is 58.3. The molecule has 0 unspecified atom stereocenters. The van der Waals surface area contributed by atoms with Gasteiger partial charge in [0.15, 0.2) is 0 Å². The Morgan fingerprint density at radius 1 is 0.702 bits per heavy atom. The van der Waals surface area contributed by atoms with Gasteiger partial charge in [0.05, 0.1) is 33.5 Å². The summed E-state index contributed by atoms with van der Waals surface area (Å²) in [5, 5.41) is 26.3. The van der Waals surface area contributed by atoms with Gasteiger partial charge < -0.3 is 14.5 Å². The van der Waals surface area contributed by atoms with E-state index >= 15 is 0 Å². The number of anilines is 2. The highest BCUT2D eigenvalue weighted by molar-refractivity contribution is 7.87. The molecule has 3 N–H and O–H groups in total. The van der Waals surface area contributed by atoms with Crippen molar-refractivity contribution in [3.05, 3.63) is 70.0 Å². The Bertz CT molecular complexity index is 2490. The highest BCUT2D eigenvalue weighted by Crippen LogP contribution is 2.33. The second-order valence-electron chi connectivity index (χ2n) is 15.3. The second-order valence-corrected chi connectivity index (χ2v) is 18.5. The van der Waals surface area contributed by atoms with Crippen LogP contribution in [0.15, 0.2) is 36.7 Å². The number of hydrogen-bond donors (Lipinski definition) is 2. The molecule has 0 spiro atoms. The van der Waals surface area contributed by atoms with Crippen LogP contribution >= 0.6 is 0 Å². The molecule has 16 nitrogen and oxygen atoms in total. The van der Waals surface area contributed by atoms with Crippen molar-refractivity contribution in [2.75, 3.05) is 62.2 Å². The lowest BCUT2D eigenvalue weighted by atomic mass is 10.0. The van der Waals surface area contributed by atoms with Crippen LogP contribution in [-0.4, -0.2) is 99.5 Å². The number of rotatable bonds is 5. The van der Waals surface area contributed by atoms with Gasteiger partial charge in [0.1, 0.15) is 17.7 Å². The van der Waals surface area contributed by atoms with E-state index in [9.17, 15) is 32.2 Å².